The first-order valence-corrected chi connectivity index (χ1v) is 4.73. The van der Waals surface area contributed by atoms with E-state index in [-0.39, 0.29) is 5.91 Å². The molecule has 0 saturated carbocycles. The van der Waals surface area contributed by atoms with Gasteiger partial charge >= 0.3 is 0 Å². The number of fused-ring (bicyclic) bond motifs is 1. The summed E-state index contributed by atoms with van der Waals surface area (Å²) >= 11 is 5.86. The van der Waals surface area contributed by atoms with Crippen LogP contribution in [-0.4, -0.2) is 11.0 Å². The van der Waals surface area contributed by atoms with E-state index >= 15 is 0 Å². The van der Waals surface area contributed by atoms with Gasteiger partial charge in [0.15, 0.2) is 0 Å². The second-order valence-corrected chi connectivity index (χ2v) is 3.68. The molecule has 0 saturated heterocycles. The van der Waals surface area contributed by atoms with E-state index in [1.165, 1.54) is 12.0 Å². The smallest absolute Gasteiger partial charge is 0.243 e. The first-order chi connectivity index (χ1) is 6.66. The molecular formula is C10H10ClNO2. The number of rotatable bonds is 0. The minimum atomic E-state index is -0.0874. The standard InChI is InChI=1S/C10H10ClNO2/c1-7(13)12-5-9-4-10(11)3-2-8(9)6-14-12/h2-4H,5-6H2,1H3. The van der Waals surface area contributed by atoms with E-state index in [9.17, 15) is 4.79 Å². The van der Waals surface area contributed by atoms with Crippen LogP contribution in [0.5, 0.6) is 0 Å². The first-order valence-electron chi connectivity index (χ1n) is 4.35. The summed E-state index contributed by atoms with van der Waals surface area (Å²) in [5.74, 6) is -0.0874. The van der Waals surface area contributed by atoms with Gasteiger partial charge in [-0.15, -0.1) is 0 Å². The highest BCUT2D eigenvalue weighted by Crippen LogP contribution is 2.23. The third-order valence-electron chi connectivity index (χ3n) is 2.21. The maximum Gasteiger partial charge on any atom is 0.243 e. The van der Waals surface area contributed by atoms with Crippen molar-refractivity contribution in [1.82, 2.24) is 5.06 Å². The summed E-state index contributed by atoms with van der Waals surface area (Å²) in [7, 11) is 0. The number of amides is 1. The zero-order valence-electron chi connectivity index (χ0n) is 7.79. The van der Waals surface area contributed by atoms with E-state index in [0.717, 1.165) is 11.1 Å². The van der Waals surface area contributed by atoms with Crippen molar-refractivity contribution < 1.29 is 9.63 Å². The van der Waals surface area contributed by atoms with E-state index in [1.54, 1.807) is 0 Å². The van der Waals surface area contributed by atoms with Crippen LogP contribution in [0.25, 0.3) is 0 Å². The van der Waals surface area contributed by atoms with Gasteiger partial charge in [0.25, 0.3) is 0 Å². The number of nitrogens with zero attached hydrogens (tertiary/aromatic N) is 1. The molecule has 4 heteroatoms. The second-order valence-electron chi connectivity index (χ2n) is 3.24. The van der Waals surface area contributed by atoms with Gasteiger partial charge in [0.2, 0.25) is 5.91 Å². The number of benzene rings is 1. The highest BCUT2D eigenvalue weighted by Gasteiger charge is 2.18. The maximum absolute atomic E-state index is 11.1. The first kappa shape index (κ1) is 9.49. The van der Waals surface area contributed by atoms with Crippen LogP contribution in [0.1, 0.15) is 18.1 Å². The van der Waals surface area contributed by atoms with Crippen molar-refractivity contribution >= 4 is 17.5 Å². The van der Waals surface area contributed by atoms with Crippen LogP contribution in [0.4, 0.5) is 0 Å². The Morgan fingerprint density at radius 2 is 2.29 bits per heavy atom. The molecule has 74 valence electrons. The van der Waals surface area contributed by atoms with Crippen molar-refractivity contribution in [3.8, 4) is 0 Å². The van der Waals surface area contributed by atoms with Crippen molar-refractivity contribution in [3.63, 3.8) is 0 Å². The number of hydrogen-bond acceptors (Lipinski definition) is 2. The molecule has 1 aromatic carbocycles. The van der Waals surface area contributed by atoms with Crippen LogP contribution in [-0.2, 0) is 22.8 Å². The highest BCUT2D eigenvalue weighted by atomic mass is 35.5. The molecule has 0 radical (unpaired) electrons. The maximum atomic E-state index is 11.1. The Morgan fingerprint density at radius 3 is 3.00 bits per heavy atom. The van der Waals surface area contributed by atoms with Gasteiger partial charge in [-0.3, -0.25) is 9.63 Å². The summed E-state index contributed by atoms with van der Waals surface area (Å²) in [4.78, 5) is 16.3. The predicted octanol–water partition coefficient (Wildman–Crippen LogP) is 2.13. The van der Waals surface area contributed by atoms with Gasteiger partial charge < -0.3 is 0 Å². The van der Waals surface area contributed by atoms with Gasteiger partial charge in [-0.1, -0.05) is 17.7 Å². The van der Waals surface area contributed by atoms with Crippen LogP contribution >= 0.6 is 11.6 Å². The van der Waals surface area contributed by atoms with E-state index in [2.05, 4.69) is 0 Å². The monoisotopic (exact) mass is 211 g/mol. The third-order valence-corrected chi connectivity index (χ3v) is 2.44. The molecule has 1 aliphatic rings. The van der Waals surface area contributed by atoms with Gasteiger partial charge in [-0.05, 0) is 23.3 Å². The Morgan fingerprint density at radius 1 is 1.50 bits per heavy atom. The summed E-state index contributed by atoms with van der Waals surface area (Å²) in [6.45, 7) is 2.40. The number of carbonyl (C=O) groups excluding carboxylic acids is 1. The van der Waals surface area contributed by atoms with Crippen molar-refractivity contribution in [2.75, 3.05) is 0 Å². The molecule has 3 nitrogen and oxygen atoms in total. The van der Waals surface area contributed by atoms with Gasteiger partial charge in [-0.2, -0.15) is 0 Å². The summed E-state index contributed by atoms with van der Waals surface area (Å²) in [6.07, 6.45) is 0. The molecule has 14 heavy (non-hydrogen) atoms. The molecule has 0 fully saturated rings. The quantitative estimate of drug-likeness (QED) is 0.658. The van der Waals surface area contributed by atoms with Crippen molar-refractivity contribution in [2.24, 2.45) is 0 Å². The number of hydrogen-bond donors (Lipinski definition) is 0. The minimum Gasteiger partial charge on any atom is -0.273 e. The fourth-order valence-corrected chi connectivity index (χ4v) is 1.63. The lowest BCUT2D eigenvalue weighted by atomic mass is 10.1. The van der Waals surface area contributed by atoms with Crippen LogP contribution < -0.4 is 0 Å². The van der Waals surface area contributed by atoms with Crippen molar-refractivity contribution in [3.05, 3.63) is 34.3 Å². The zero-order valence-corrected chi connectivity index (χ0v) is 8.54. The van der Waals surface area contributed by atoms with E-state index in [1.807, 2.05) is 18.2 Å². The Kier molecular flexibility index (Phi) is 2.44. The van der Waals surface area contributed by atoms with Crippen LogP contribution in [0.3, 0.4) is 0 Å². The van der Waals surface area contributed by atoms with E-state index < -0.39 is 0 Å². The number of hydroxylamine groups is 2. The summed E-state index contributed by atoms with van der Waals surface area (Å²) in [5, 5.41) is 2.03. The zero-order chi connectivity index (χ0) is 10.1. The molecule has 1 aromatic rings. The molecule has 0 spiro atoms. The Hall–Kier alpha value is -1.06. The third kappa shape index (κ3) is 1.74. The van der Waals surface area contributed by atoms with Crippen LogP contribution in [0, 0.1) is 0 Å². The lowest BCUT2D eigenvalue weighted by Gasteiger charge is -2.27. The largest absolute Gasteiger partial charge is 0.273 e. The minimum absolute atomic E-state index is 0.0874. The molecular weight excluding hydrogens is 202 g/mol. The van der Waals surface area contributed by atoms with Gasteiger partial charge in [0.05, 0.1) is 6.54 Å². The molecule has 0 aromatic heterocycles. The highest BCUT2D eigenvalue weighted by molar-refractivity contribution is 6.30. The van der Waals surface area contributed by atoms with Gasteiger partial charge in [0.1, 0.15) is 6.61 Å². The lowest BCUT2D eigenvalue weighted by molar-refractivity contribution is -0.198. The molecule has 0 bridgehead atoms. The second kappa shape index (κ2) is 3.59. The molecule has 0 N–H and O–H groups in total. The van der Waals surface area contributed by atoms with E-state index in [4.69, 9.17) is 16.4 Å². The number of halogens is 1. The fourth-order valence-electron chi connectivity index (χ4n) is 1.43. The van der Waals surface area contributed by atoms with E-state index in [0.29, 0.717) is 18.2 Å². The molecule has 1 aliphatic heterocycles. The van der Waals surface area contributed by atoms with Crippen LogP contribution in [0.15, 0.2) is 18.2 Å². The molecule has 0 unspecified atom stereocenters. The normalized spacial score (nSPS) is 15.1. The fraction of sp³-hybridized carbons (Fsp3) is 0.300. The van der Waals surface area contributed by atoms with Crippen molar-refractivity contribution in [1.29, 1.82) is 0 Å². The number of carbonyl (C=O) groups is 1. The lowest BCUT2D eigenvalue weighted by Crippen LogP contribution is -2.32. The summed E-state index contributed by atoms with van der Waals surface area (Å²) in [6, 6.07) is 5.62. The molecule has 1 heterocycles. The molecule has 2 rings (SSSR count). The topological polar surface area (TPSA) is 29.5 Å². The SMILES string of the molecule is CC(=O)N1Cc2cc(Cl)ccc2CO1. The average Bonchev–Trinajstić information content (AvgIpc) is 2.16. The Bertz CT molecular complexity index is 378. The summed E-state index contributed by atoms with van der Waals surface area (Å²) in [5.41, 5.74) is 2.14. The average molecular weight is 212 g/mol. The predicted molar refractivity (Wildman–Crippen MR) is 52.5 cm³/mol. The molecule has 0 aliphatic carbocycles. The molecule has 0 atom stereocenters. The molecule has 1 amide bonds. The Labute approximate surface area is 87.2 Å². The van der Waals surface area contributed by atoms with Crippen LogP contribution in [0.2, 0.25) is 5.02 Å². The summed E-state index contributed by atoms with van der Waals surface area (Å²) < 4.78 is 0. The Balaban J connectivity index is 2.29. The van der Waals surface area contributed by atoms with Crippen molar-refractivity contribution in [2.45, 2.75) is 20.1 Å². The van der Waals surface area contributed by atoms with Gasteiger partial charge in [0, 0.05) is 11.9 Å². The van der Waals surface area contributed by atoms with Gasteiger partial charge in [-0.25, -0.2) is 5.06 Å².